The lowest BCUT2D eigenvalue weighted by Crippen LogP contribution is -2.51. The standard InChI is InChI=1S/C17H26N2O5/c1-16(2)14(21)19(15(22)18(16)3)9-17(23)10-24-13(20)12(17)8-11-6-4-5-7-11/h11-12,23H,4-10H2,1-3H3. The first kappa shape index (κ1) is 17.2. The van der Waals surface area contributed by atoms with Gasteiger partial charge in [0.05, 0.1) is 12.5 Å². The van der Waals surface area contributed by atoms with Crippen LogP contribution in [0.1, 0.15) is 46.0 Å². The SMILES string of the molecule is CN1C(=O)N(CC2(O)COC(=O)C2CC2CCCC2)C(=O)C1(C)C. The molecule has 1 N–H and O–H groups in total. The molecule has 1 saturated carbocycles. The zero-order valence-electron chi connectivity index (χ0n) is 14.6. The molecule has 2 aliphatic heterocycles. The van der Waals surface area contributed by atoms with Crippen molar-refractivity contribution >= 4 is 17.9 Å². The van der Waals surface area contributed by atoms with E-state index < -0.39 is 29.1 Å². The summed E-state index contributed by atoms with van der Waals surface area (Å²) in [4.78, 5) is 39.5. The number of imide groups is 1. The summed E-state index contributed by atoms with van der Waals surface area (Å²) in [6, 6.07) is -0.447. The third-order valence-electron chi connectivity index (χ3n) is 6.00. The van der Waals surface area contributed by atoms with E-state index in [0.717, 1.165) is 30.6 Å². The summed E-state index contributed by atoms with van der Waals surface area (Å²) in [7, 11) is 1.57. The molecule has 3 amide bonds. The first-order valence-electron chi connectivity index (χ1n) is 8.65. The van der Waals surface area contributed by atoms with Crippen LogP contribution in [0.2, 0.25) is 0 Å². The van der Waals surface area contributed by atoms with Crippen LogP contribution in [0.15, 0.2) is 0 Å². The fourth-order valence-electron chi connectivity index (χ4n) is 4.06. The van der Waals surface area contributed by atoms with Gasteiger partial charge in [-0.05, 0) is 26.2 Å². The monoisotopic (exact) mass is 338 g/mol. The Bertz CT molecular complexity index is 569. The molecule has 2 unspecified atom stereocenters. The van der Waals surface area contributed by atoms with Gasteiger partial charge in [0.1, 0.15) is 17.7 Å². The summed E-state index contributed by atoms with van der Waals surface area (Å²) in [6.07, 6.45) is 4.96. The van der Waals surface area contributed by atoms with Crippen LogP contribution < -0.4 is 0 Å². The lowest BCUT2D eigenvalue weighted by molar-refractivity contribution is -0.142. The minimum atomic E-state index is -1.49. The van der Waals surface area contributed by atoms with Crippen LogP contribution in [-0.4, -0.2) is 64.2 Å². The van der Waals surface area contributed by atoms with E-state index in [4.69, 9.17) is 4.74 Å². The zero-order chi connectivity index (χ0) is 17.7. The van der Waals surface area contributed by atoms with Crippen LogP contribution in [0.5, 0.6) is 0 Å². The number of urea groups is 1. The minimum absolute atomic E-state index is 0.162. The summed E-state index contributed by atoms with van der Waals surface area (Å²) in [6.45, 7) is 2.99. The average molecular weight is 338 g/mol. The highest BCUT2D eigenvalue weighted by Crippen LogP contribution is 2.39. The molecular formula is C17H26N2O5. The van der Waals surface area contributed by atoms with E-state index in [-0.39, 0.29) is 19.1 Å². The lowest BCUT2D eigenvalue weighted by atomic mass is 9.82. The molecule has 0 bridgehead atoms. The van der Waals surface area contributed by atoms with Crippen LogP contribution in [0.4, 0.5) is 4.79 Å². The first-order chi connectivity index (χ1) is 11.2. The number of ether oxygens (including phenoxy) is 1. The minimum Gasteiger partial charge on any atom is -0.462 e. The van der Waals surface area contributed by atoms with E-state index in [0.29, 0.717) is 12.3 Å². The molecule has 0 aromatic rings. The molecule has 7 heteroatoms. The predicted molar refractivity (Wildman–Crippen MR) is 84.9 cm³/mol. The third kappa shape index (κ3) is 2.59. The van der Waals surface area contributed by atoms with E-state index in [1.165, 1.54) is 4.90 Å². The summed E-state index contributed by atoms with van der Waals surface area (Å²) >= 11 is 0. The highest BCUT2D eigenvalue weighted by atomic mass is 16.6. The van der Waals surface area contributed by atoms with E-state index in [2.05, 4.69) is 0 Å². The molecule has 0 radical (unpaired) electrons. The van der Waals surface area contributed by atoms with E-state index in [1.807, 2.05) is 0 Å². The maximum absolute atomic E-state index is 12.5. The highest BCUT2D eigenvalue weighted by Gasteiger charge is 2.56. The van der Waals surface area contributed by atoms with Crippen LogP contribution in [0.25, 0.3) is 0 Å². The second kappa shape index (κ2) is 5.72. The van der Waals surface area contributed by atoms with Crippen molar-refractivity contribution in [1.82, 2.24) is 9.80 Å². The number of carbonyl (C=O) groups excluding carboxylic acids is 3. The number of cyclic esters (lactones) is 1. The van der Waals surface area contributed by atoms with E-state index in [9.17, 15) is 19.5 Å². The molecule has 0 aromatic carbocycles. The molecular weight excluding hydrogens is 312 g/mol. The van der Waals surface area contributed by atoms with Crippen molar-refractivity contribution in [2.75, 3.05) is 20.2 Å². The van der Waals surface area contributed by atoms with Gasteiger partial charge < -0.3 is 14.7 Å². The Morgan fingerprint density at radius 3 is 2.38 bits per heavy atom. The van der Waals surface area contributed by atoms with Crippen LogP contribution in [-0.2, 0) is 14.3 Å². The predicted octanol–water partition coefficient (Wildman–Crippen LogP) is 1.14. The maximum atomic E-state index is 12.5. The second-order valence-electron chi connectivity index (χ2n) is 7.94. The lowest BCUT2D eigenvalue weighted by Gasteiger charge is -2.30. The smallest absolute Gasteiger partial charge is 0.327 e. The van der Waals surface area contributed by atoms with Crippen molar-refractivity contribution in [3.05, 3.63) is 0 Å². The first-order valence-corrected chi connectivity index (χ1v) is 8.65. The quantitative estimate of drug-likeness (QED) is 0.614. The van der Waals surface area contributed by atoms with Gasteiger partial charge in [0, 0.05) is 7.05 Å². The molecule has 3 aliphatic rings. The topological polar surface area (TPSA) is 87.2 Å². The van der Waals surface area contributed by atoms with Crippen molar-refractivity contribution in [2.24, 2.45) is 11.8 Å². The Morgan fingerprint density at radius 1 is 1.21 bits per heavy atom. The number of carbonyl (C=O) groups is 3. The van der Waals surface area contributed by atoms with Gasteiger partial charge in [0.15, 0.2) is 0 Å². The van der Waals surface area contributed by atoms with Gasteiger partial charge in [-0.1, -0.05) is 25.7 Å². The van der Waals surface area contributed by atoms with Crippen LogP contribution in [0.3, 0.4) is 0 Å². The Morgan fingerprint density at radius 2 is 1.83 bits per heavy atom. The normalized spacial score (nSPS) is 33.7. The number of amides is 3. The Balaban J connectivity index is 1.78. The molecule has 134 valence electrons. The van der Waals surface area contributed by atoms with Crippen molar-refractivity contribution in [2.45, 2.75) is 57.1 Å². The largest absolute Gasteiger partial charge is 0.462 e. The van der Waals surface area contributed by atoms with E-state index in [1.54, 1.807) is 20.9 Å². The number of rotatable bonds is 4. The molecule has 24 heavy (non-hydrogen) atoms. The van der Waals surface area contributed by atoms with Gasteiger partial charge in [-0.2, -0.15) is 0 Å². The number of esters is 1. The Hall–Kier alpha value is -1.63. The molecule has 2 heterocycles. The van der Waals surface area contributed by atoms with Crippen molar-refractivity contribution in [3.8, 4) is 0 Å². The summed E-state index contributed by atoms with van der Waals surface area (Å²) in [5.74, 6) is -1.05. The number of β-amino-alcohol motifs (C(OH)–C–C–N with tert-alkyl or cyclic N) is 1. The molecule has 0 aromatic heterocycles. The third-order valence-corrected chi connectivity index (χ3v) is 6.00. The Kier molecular flexibility index (Phi) is 4.10. The Labute approximate surface area is 141 Å². The fraction of sp³-hybridized carbons (Fsp3) is 0.824. The van der Waals surface area contributed by atoms with Crippen molar-refractivity contribution in [3.63, 3.8) is 0 Å². The maximum Gasteiger partial charge on any atom is 0.327 e. The van der Waals surface area contributed by atoms with Crippen LogP contribution in [0, 0.1) is 11.8 Å². The average Bonchev–Trinajstić information content (AvgIpc) is 3.17. The van der Waals surface area contributed by atoms with Gasteiger partial charge in [0.2, 0.25) is 0 Å². The molecule has 2 saturated heterocycles. The molecule has 0 spiro atoms. The van der Waals surface area contributed by atoms with E-state index >= 15 is 0 Å². The van der Waals surface area contributed by atoms with Gasteiger partial charge in [-0.25, -0.2) is 4.79 Å². The molecule has 3 fully saturated rings. The number of aliphatic hydroxyl groups is 1. The fourth-order valence-corrected chi connectivity index (χ4v) is 4.06. The van der Waals surface area contributed by atoms with Gasteiger partial charge in [-0.3, -0.25) is 14.5 Å². The summed E-state index contributed by atoms with van der Waals surface area (Å²) in [5, 5.41) is 11.0. The number of hydrogen-bond acceptors (Lipinski definition) is 5. The second-order valence-corrected chi connectivity index (χ2v) is 7.94. The van der Waals surface area contributed by atoms with Gasteiger partial charge in [0.25, 0.3) is 5.91 Å². The van der Waals surface area contributed by atoms with Crippen molar-refractivity contribution < 1.29 is 24.2 Å². The number of nitrogens with zero attached hydrogens (tertiary/aromatic N) is 2. The summed E-state index contributed by atoms with van der Waals surface area (Å²) in [5.41, 5.74) is -2.44. The van der Waals surface area contributed by atoms with Crippen molar-refractivity contribution in [1.29, 1.82) is 0 Å². The molecule has 1 aliphatic carbocycles. The molecule has 3 rings (SSSR count). The number of likely N-dealkylation sites (N-methyl/N-ethyl adjacent to an activating group) is 1. The molecule has 7 nitrogen and oxygen atoms in total. The highest BCUT2D eigenvalue weighted by molar-refractivity contribution is 6.06. The number of hydrogen-bond donors (Lipinski definition) is 1. The van der Waals surface area contributed by atoms with Gasteiger partial charge >= 0.3 is 12.0 Å². The summed E-state index contributed by atoms with van der Waals surface area (Å²) < 4.78 is 5.10. The zero-order valence-corrected chi connectivity index (χ0v) is 14.6. The van der Waals surface area contributed by atoms with Crippen LogP contribution >= 0.6 is 0 Å². The van der Waals surface area contributed by atoms with Gasteiger partial charge in [-0.15, -0.1) is 0 Å². The molecule has 2 atom stereocenters.